The second kappa shape index (κ2) is 10.7. The second-order valence-electron chi connectivity index (χ2n) is 9.01. The zero-order valence-corrected chi connectivity index (χ0v) is 19.1. The standard InChI is InChI=1S/C27H36N4/c1-2-3-4-5-6-7-8-9-14-19-29-26-22-16-11-10-15-21(22)23(20-28)27-30-24-17-12-13-18-25(24)31(26)27/h12-13,17-18,29H,2-11,14-16,19H2,1H3. The van der Waals surface area contributed by atoms with Crippen molar-refractivity contribution in [2.75, 3.05) is 11.9 Å². The summed E-state index contributed by atoms with van der Waals surface area (Å²) in [4.78, 5) is 4.85. The maximum atomic E-state index is 9.95. The SMILES string of the molecule is CCCCCCCCCCCNc1c2c(c(C#N)c3nc4ccccc4n13)CCCC2. The minimum atomic E-state index is 0.777. The summed E-state index contributed by atoms with van der Waals surface area (Å²) in [6.45, 7) is 3.26. The maximum Gasteiger partial charge on any atom is 0.157 e. The van der Waals surface area contributed by atoms with Crippen molar-refractivity contribution in [2.45, 2.75) is 90.4 Å². The summed E-state index contributed by atoms with van der Waals surface area (Å²) in [5.41, 5.74) is 6.23. The van der Waals surface area contributed by atoms with Gasteiger partial charge in [-0.15, -0.1) is 0 Å². The van der Waals surface area contributed by atoms with E-state index in [1.54, 1.807) is 0 Å². The summed E-state index contributed by atoms with van der Waals surface area (Å²) < 4.78 is 2.21. The molecule has 1 aliphatic carbocycles. The van der Waals surface area contributed by atoms with E-state index in [9.17, 15) is 5.26 Å². The van der Waals surface area contributed by atoms with Crippen molar-refractivity contribution in [1.29, 1.82) is 5.26 Å². The topological polar surface area (TPSA) is 53.1 Å². The van der Waals surface area contributed by atoms with Gasteiger partial charge in [-0.2, -0.15) is 5.26 Å². The van der Waals surface area contributed by atoms with Crippen LogP contribution in [0.1, 0.15) is 94.2 Å². The van der Waals surface area contributed by atoms with Gasteiger partial charge in [-0.1, -0.05) is 70.4 Å². The van der Waals surface area contributed by atoms with Crippen LogP contribution in [0.15, 0.2) is 24.3 Å². The number of aromatic nitrogens is 2. The molecular weight excluding hydrogens is 380 g/mol. The van der Waals surface area contributed by atoms with E-state index in [-0.39, 0.29) is 0 Å². The summed E-state index contributed by atoms with van der Waals surface area (Å²) in [6.07, 6.45) is 16.5. The lowest BCUT2D eigenvalue weighted by atomic mass is 9.89. The van der Waals surface area contributed by atoms with Gasteiger partial charge in [0.2, 0.25) is 0 Å². The van der Waals surface area contributed by atoms with Crippen molar-refractivity contribution in [3.63, 3.8) is 0 Å². The summed E-state index contributed by atoms with van der Waals surface area (Å²) in [6, 6.07) is 10.7. The number of nitrogens with one attached hydrogen (secondary N) is 1. The number of rotatable bonds is 11. The van der Waals surface area contributed by atoms with E-state index < -0.39 is 0 Å². The lowest BCUT2D eigenvalue weighted by molar-refractivity contribution is 0.569. The highest BCUT2D eigenvalue weighted by atomic mass is 15.1. The molecule has 1 aromatic carbocycles. The Hall–Kier alpha value is -2.54. The Labute approximate surface area is 186 Å². The van der Waals surface area contributed by atoms with Crippen molar-refractivity contribution in [3.05, 3.63) is 41.0 Å². The Morgan fingerprint density at radius 3 is 2.35 bits per heavy atom. The fraction of sp³-hybridized carbons (Fsp3) is 0.556. The molecule has 0 bridgehead atoms. The zero-order chi connectivity index (χ0) is 21.5. The number of unbranched alkanes of at least 4 members (excludes halogenated alkanes) is 8. The van der Waals surface area contributed by atoms with Gasteiger partial charge in [0.05, 0.1) is 16.6 Å². The van der Waals surface area contributed by atoms with Gasteiger partial charge in [-0.05, 0) is 55.4 Å². The number of hydrogen-bond donors (Lipinski definition) is 1. The summed E-state index contributed by atoms with van der Waals surface area (Å²) in [7, 11) is 0. The fourth-order valence-electron chi connectivity index (χ4n) is 5.08. The Morgan fingerprint density at radius 1 is 0.935 bits per heavy atom. The molecule has 0 saturated carbocycles. The number of fused-ring (bicyclic) bond motifs is 4. The minimum Gasteiger partial charge on any atom is -0.371 e. The minimum absolute atomic E-state index is 0.777. The van der Waals surface area contributed by atoms with Gasteiger partial charge in [-0.25, -0.2) is 4.98 Å². The van der Waals surface area contributed by atoms with Crippen LogP contribution in [-0.4, -0.2) is 15.9 Å². The third-order valence-corrected chi connectivity index (χ3v) is 6.75. The molecule has 4 rings (SSSR count). The lowest BCUT2D eigenvalue weighted by Crippen LogP contribution is -2.16. The van der Waals surface area contributed by atoms with Gasteiger partial charge in [0.1, 0.15) is 11.9 Å². The molecule has 0 atom stereocenters. The van der Waals surface area contributed by atoms with Crippen LogP contribution in [-0.2, 0) is 12.8 Å². The van der Waals surface area contributed by atoms with E-state index in [0.717, 1.165) is 48.1 Å². The van der Waals surface area contributed by atoms with Crippen LogP contribution in [0, 0.1) is 11.3 Å². The van der Waals surface area contributed by atoms with Gasteiger partial charge in [0.15, 0.2) is 5.65 Å². The van der Waals surface area contributed by atoms with Crippen LogP contribution in [0.2, 0.25) is 0 Å². The van der Waals surface area contributed by atoms with Gasteiger partial charge >= 0.3 is 0 Å². The van der Waals surface area contributed by atoms with Gasteiger partial charge < -0.3 is 5.32 Å². The molecule has 0 saturated heterocycles. The molecule has 31 heavy (non-hydrogen) atoms. The average Bonchev–Trinajstić information content (AvgIpc) is 3.19. The highest BCUT2D eigenvalue weighted by Gasteiger charge is 2.24. The molecule has 0 aliphatic heterocycles. The third kappa shape index (κ3) is 4.71. The van der Waals surface area contributed by atoms with Crippen LogP contribution in [0.3, 0.4) is 0 Å². The fourth-order valence-corrected chi connectivity index (χ4v) is 5.08. The number of hydrogen-bond acceptors (Lipinski definition) is 3. The smallest absolute Gasteiger partial charge is 0.157 e. The predicted octanol–water partition coefficient (Wildman–Crippen LogP) is 7.18. The Balaban J connectivity index is 1.49. The number of nitriles is 1. The predicted molar refractivity (Wildman–Crippen MR) is 130 cm³/mol. The first-order valence-electron chi connectivity index (χ1n) is 12.4. The number of imidazole rings is 1. The summed E-state index contributed by atoms with van der Waals surface area (Å²) >= 11 is 0. The molecule has 1 aliphatic rings. The van der Waals surface area contributed by atoms with Crippen molar-refractivity contribution < 1.29 is 0 Å². The van der Waals surface area contributed by atoms with Crippen LogP contribution >= 0.6 is 0 Å². The summed E-state index contributed by atoms with van der Waals surface area (Å²) in [5, 5.41) is 13.7. The number of para-hydroxylation sites is 2. The third-order valence-electron chi connectivity index (χ3n) is 6.75. The van der Waals surface area contributed by atoms with Crippen molar-refractivity contribution in [2.24, 2.45) is 0 Å². The first-order chi connectivity index (χ1) is 15.3. The Bertz CT molecular complexity index is 1060. The number of benzene rings is 1. The van der Waals surface area contributed by atoms with E-state index in [2.05, 4.69) is 34.8 Å². The molecule has 4 heteroatoms. The van der Waals surface area contributed by atoms with E-state index >= 15 is 0 Å². The molecular formula is C27H36N4. The molecule has 2 heterocycles. The number of anilines is 1. The van der Waals surface area contributed by atoms with Crippen LogP contribution in [0.25, 0.3) is 16.7 Å². The first kappa shape index (κ1) is 21.7. The van der Waals surface area contributed by atoms with Crippen LogP contribution in [0.5, 0.6) is 0 Å². The van der Waals surface area contributed by atoms with Crippen molar-refractivity contribution in [1.82, 2.24) is 9.38 Å². The van der Waals surface area contributed by atoms with E-state index in [4.69, 9.17) is 4.98 Å². The molecule has 1 N–H and O–H groups in total. The van der Waals surface area contributed by atoms with Crippen LogP contribution < -0.4 is 5.32 Å². The normalized spacial score (nSPS) is 13.4. The highest BCUT2D eigenvalue weighted by Crippen LogP contribution is 2.35. The largest absolute Gasteiger partial charge is 0.371 e. The van der Waals surface area contributed by atoms with E-state index in [1.807, 2.05) is 12.1 Å². The quantitative estimate of drug-likeness (QED) is 0.337. The van der Waals surface area contributed by atoms with Crippen molar-refractivity contribution in [3.8, 4) is 6.07 Å². The molecule has 4 nitrogen and oxygen atoms in total. The molecule has 3 aromatic rings. The number of nitrogens with zero attached hydrogens (tertiary/aromatic N) is 3. The molecule has 0 radical (unpaired) electrons. The second-order valence-corrected chi connectivity index (χ2v) is 9.01. The molecule has 0 spiro atoms. The van der Waals surface area contributed by atoms with Gasteiger partial charge in [0.25, 0.3) is 0 Å². The average molecular weight is 417 g/mol. The zero-order valence-electron chi connectivity index (χ0n) is 19.1. The molecule has 0 fully saturated rings. The monoisotopic (exact) mass is 416 g/mol. The molecule has 0 unspecified atom stereocenters. The first-order valence-corrected chi connectivity index (χ1v) is 12.4. The molecule has 164 valence electrons. The van der Waals surface area contributed by atoms with Crippen molar-refractivity contribution >= 4 is 22.5 Å². The Kier molecular flexibility index (Phi) is 7.46. The van der Waals surface area contributed by atoms with Gasteiger partial charge in [0, 0.05) is 6.54 Å². The van der Waals surface area contributed by atoms with E-state index in [1.165, 1.54) is 81.2 Å². The lowest BCUT2D eigenvalue weighted by Gasteiger charge is -2.23. The Morgan fingerprint density at radius 2 is 1.61 bits per heavy atom. The maximum absolute atomic E-state index is 9.95. The van der Waals surface area contributed by atoms with E-state index in [0.29, 0.717) is 0 Å². The van der Waals surface area contributed by atoms with Gasteiger partial charge in [-0.3, -0.25) is 4.40 Å². The molecule has 0 amide bonds. The highest BCUT2D eigenvalue weighted by molar-refractivity contribution is 5.86. The summed E-state index contributed by atoms with van der Waals surface area (Å²) in [5.74, 6) is 1.18. The van der Waals surface area contributed by atoms with Crippen LogP contribution in [0.4, 0.5) is 5.82 Å². The molecule has 2 aromatic heterocycles. The number of pyridine rings is 1.